The smallest absolute Gasteiger partial charge is 0.269 e. The van der Waals surface area contributed by atoms with E-state index in [1.165, 1.54) is 0 Å². The van der Waals surface area contributed by atoms with Crippen LogP contribution in [0.4, 0.5) is 5.69 Å². The highest BCUT2D eigenvalue weighted by Gasteiger charge is 2.45. The van der Waals surface area contributed by atoms with Gasteiger partial charge in [-0.3, -0.25) is 9.52 Å². The summed E-state index contributed by atoms with van der Waals surface area (Å²) in [7, 11) is -3.30. The van der Waals surface area contributed by atoms with Crippen LogP contribution >= 0.6 is 0 Å². The number of amides is 1. The Morgan fingerprint density at radius 2 is 1.83 bits per heavy atom. The molecule has 8 heteroatoms. The summed E-state index contributed by atoms with van der Waals surface area (Å²) in [5, 5.41) is 6.97. The summed E-state index contributed by atoms with van der Waals surface area (Å²) < 4.78 is 24.9. The van der Waals surface area contributed by atoms with Gasteiger partial charge < -0.3 is 10.2 Å². The Bertz CT molecular complexity index is 877. The van der Waals surface area contributed by atoms with Crippen molar-refractivity contribution in [1.82, 2.24) is 5.32 Å². The van der Waals surface area contributed by atoms with Crippen LogP contribution in [0.3, 0.4) is 0 Å². The van der Waals surface area contributed by atoms with Gasteiger partial charge >= 0.3 is 0 Å². The van der Waals surface area contributed by atoms with E-state index in [1.54, 1.807) is 24.3 Å². The molecule has 29 heavy (non-hydrogen) atoms. The van der Waals surface area contributed by atoms with Crippen LogP contribution < -0.4 is 10.0 Å². The number of carbonyl (C=O) groups is 1. The average molecular weight is 422 g/mol. The zero-order chi connectivity index (χ0) is 21.3. The van der Waals surface area contributed by atoms with Crippen molar-refractivity contribution in [2.24, 2.45) is 16.5 Å². The van der Waals surface area contributed by atoms with Crippen molar-refractivity contribution in [3.8, 4) is 0 Å². The zero-order valence-electron chi connectivity index (χ0n) is 17.6. The number of hydrogen-bond donors (Lipinski definition) is 2. The van der Waals surface area contributed by atoms with Gasteiger partial charge in [0.25, 0.3) is 5.91 Å². The van der Waals surface area contributed by atoms with E-state index in [1.807, 2.05) is 0 Å². The number of sulfonamides is 1. The van der Waals surface area contributed by atoms with E-state index in [9.17, 15) is 13.2 Å². The van der Waals surface area contributed by atoms with Crippen molar-refractivity contribution in [3.63, 3.8) is 0 Å². The molecule has 0 radical (unpaired) electrons. The van der Waals surface area contributed by atoms with Gasteiger partial charge in [-0.25, -0.2) is 8.42 Å². The molecule has 7 nitrogen and oxygen atoms in total. The Labute approximate surface area is 173 Å². The molecule has 1 heterocycles. The molecule has 0 aromatic heterocycles. The van der Waals surface area contributed by atoms with Crippen molar-refractivity contribution < 1.29 is 18.0 Å². The monoisotopic (exact) mass is 421 g/mol. The van der Waals surface area contributed by atoms with Crippen LogP contribution in [0.25, 0.3) is 0 Å². The maximum atomic E-state index is 12.5. The van der Waals surface area contributed by atoms with Crippen LogP contribution in [0.5, 0.6) is 0 Å². The van der Waals surface area contributed by atoms with Crippen LogP contribution in [-0.2, 0) is 26.2 Å². The molecule has 160 valence electrons. The first-order valence-electron chi connectivity index (χ1n) is 10.1. The minimum atomic E-state index is -3.30. The molecule has 0 bridgehead atoms. The maximum Gasteiger partial charge on any atom is 0.269 e. The number of nitrogens with zero attached hydrogens (tertiary/aromatic N) is 1. The molecule has 1 spiro atoms. The second-order valence-corrected chi connectivity index (χ2v) is 11.1. The molecule has 2 aliphatic rings. The molecule has 0 saturated heterocycles. The molecule has 1 aliphatic heterocycles. The zero-order valence-corrected chi connectivity index (χ0v) is 18.4. The topological polar surface area (TPSA) is 96.9 Å². The Morgan fingerprint density at radius 3 is 2.38 bits per heavy atom. The highest BCUT2D eigenvalue weighted by atomic mass is 32.2. The lowest BCUT2D eigenvalue weighted by molar-refractivity contribution is -0.115. The average Bonchev–Trinajstić information content (AvgIpc) is 3.03. The quantitative estimate of drug-likeness (QED) is 0.761. The molecule has 3 rings (SSSR count). The lowest BCUT2D eigenvalue weighted by Crippen LogP contribution is -2.39. The highest BCUT2D eigenvalue weighted by molar-refractivity contribution is 7.92. The Hall–Kier alpha value is -2.09. The second-order valence-electron chi connectivity index (χ2n) is 9.38. The number of nitrogens with one attached hydrogen (secondary N) is 2. The summed E-state index contributed by atoms with van der Waals surface area (Å²) in [6, 6.07) is 6.88. The summed E-state index contributed by atoms with van der Waals surface area (Å²) in [4.78, 5) is 18.3. The summed E-state index contributed by atoms with van der Waals surface area (Å²) in [6.07, 6.45) is 5.73. The Kier molecular flexibility index (Phi) is 5.94. The Morgan fingerprint density at radius 1 is 1.21 bits per heavy atom. The molecule has 0 atom stereocenters. The molecule has 1 amide bonds. The van der Waals surface area contributed by atoms with E-state index in [-0.39, 0.29) is 11.5 Å². The van der Waals surface area contributed by atoms with Gasteiger partial charge in [-0.1, -0.05) is 38.1 Å². The standard InChI is InChI=1S/C21H31N3O4S/c1-20(2,3)16-9-11-21(12-10-16)13-18(23-28-21)19(25)22-14-15-5-7-17(8-6-15)24-29(4,26)27/h5-8,16,24H,9-14H2,1-4H3,(H,22,25)/t16-,21+. The summed E-state index contributed by atoms with van der Waals surface area (Å²) >= 11 is 0. The Balaban J connectivity index is 1.49. The molecule has 1 fully saturated rings. The van der Waals surface area contributed by atoms with Gasteiger partial charge in [-0.2, -0.15) is 0 Å². The van der Waals surface area contributed by atoms with E-state index in [0.717, 1.165) is 37.5 Å². The van der Waals surface area contributed by atoms with E-state index in [4.69, 9.17) is 4.84 Å². The lowest BCUT2D eigenvalue weighted by atomic mass is 9.67. The van der Waals surface area contributed by atoms with Crippen LogP contribution in [0.2, 0.25) is 0 Å². The van der Waals surface area contributed by atoms with Crippen LogP contribution in [0.1, 0.15) is 58.4 Å². The van der Waals surface area contributed by atoms with Gasteiger partial charge in [0.05, 0.1) is 6.26 Å². The SMILES string of the molecule is CC(C)(C)[C@H]1CC[C@@]2(CC1)CC(C(=O)NCc1ccc(NS(C)(=O)=O)cc1)=NO2. The van der Waals surface area contributed by atoms with Crippen molar-refractivity contribution in [2.75, 3.05) is 11.0 Å². The van der Waals surface area contributed by atoms with Gasteiger partial charge in [-0.05, 0) is 54.7 Å². The van der Waals surface area contributed by atoms with Gasteiger partial charge in [0, 0.05) is 18.7 Å². The van der Waals surface area contributed by atoms with Crippen molar-refractivity contribution in [3.05, 3.63) is 29.8 Å². The van der Waals surface area contributed by atoms with E-state index < -0.39 is 10.0 Å². The first kappa shape index (κ1) is 21.6. The largest absolute Gasteiger partial charge is 0.388 e. The molecule has 1 saturated carbocycles. The third-order valence-corrected chi connectivity index (χ3v) is 6.54. The van der Waals surface area contributed by atoms with Gasteiger partial charge in [0.1, 0.15) is 11.3 Å². The third-order valence-electron chi connectivity index (χ3n) is 5.93. The number of anilines is 1. The van der Waals surface area contributed by atoms with Crippen molar-refractivity contribution in [2.45, 2.75) is 65.0 Å². The number of carbonyl (C=O) groups excluding carboxylic acids is 1. The summed E-state index contributed by atoms with van der Waals surface area (Å²) in [6.45, 7) is 7.19. The minimum Gasteiger partial charge on any atom is -0.388 e. The van der Waals surface area contributed by atoms with Crippen LogP contribution in [0, 0.1) is 11.3 Å². The van der Waals surface area contributed by atoms with E-state index >= 15 is 0 Å². The number of benzene rings is 1. The van der Waals surface area contributed by atoms with E-state index in [0.29, 0.717) is 35.7 Å². The normalized spacial score (nSPS) is 24.7. The highest BCUT2D eigenvalue weighted by Crippen LogP contribution is 2.45. The molecule has 0 unspecified atom stereocenters. The fraction of sp³-hybridized carbons (Fsp3) is 0.619. The van der Waals surface area contributed by atoms with Crippen LogP contribution in [0.15, 0.2) is 29.4 Å². The second kappa shape index (κ2) is 7.97. The molecule has 2 N–H and O–H groups in total. The molecule has 1 aromatic rings. The maximum absolute atomic E-state index is 12.5. The lowest BCUT2D eigenvalue weighted by Gasteiger charge is -2.40. The van der Waals surface area contributed by atoms with E-state index in [2.05, 4.69) is 36.0 Å². The third kappa shape index (κ3) is 5.72. The van der Waals surface area contributed by atoms with Gasteiger partial charge in [-0.15, -0.1) is 0 Å². The van der Waals surface area contributed by atoms with Crippen molar-refractivity contribution >= 4 is 27.3 Å². The summed E-state index contributed by atoms with van der Waals surface area (Å²) in [5.74, 6) is 0.466. The van der Waals surface area contributed by atoms with Gasteiger partial charge in [0.2, 0.25) is 10.0 Å². The predicted molar refractivity (Wildman–Crippen MR) is 114 cm³/mol. The fourth-order valence-electron chi connectivity index (χ4n) is 4.11. The minimum absolute atomic E-state index is 0.210. The molecular formula is C21H31N3O4S. The number of rotatable bonds is 5. The van der Waals surface area contributed by atoms with Crippen molar-refractivity contribution in [1.29, 1.82) is 0 Å². The summed E-state index contributed by atoms with van der Waals surface area (Å²) in [5.41, 5.74) is 1.80. The molecule has 1 aromatic carbocycles. The fourth-order valence-corrected chi connectivity index (χ4v) is 4.67. The molecular weight excluding hydrogens is 390 g/mol. The number of oxime groups is 1. The predicted octanol–water partition coefficient (Wildman–Crippen LogP) is 3.43. The first-order chi connectivity index (χ1) is 13.5. The van der Waals surface area contributed by atoms with Gasteiger partial charge in [0.15, 0.2) is 0 Å². The van der Waals surface area contributed by atoms with Crippen LogP contribution in [-0.4, -0.2) is 31.9 Å². The number of hydrogen-bond acceptors (Lipinski definition) is 5. The molecule has 1 aliphatic carbocycles. The first-order valence-corrected chi connectivity index (χ1v) is 11.9.